The van der Waals surface area contributed by atoms with E-state index in [4.69, 9.17) is 14.5 Å². The SMILES string of the molecule is CC(C)n1ncc2c(C(=O)Nc3cc([N+](=O)[O-])ccc3F)cc(-c3ccc4c(c3)OCCO4)nc21. The molecular formula is C24H20FN5O5. The number of hydrogen-bond donors (Lipinski definition) is 1. The number of aromatic nitrogens is 3. The van der Waals surface area contributed by atoms with Gasteiger partial charge in [0.2, 0.25) is 0 Å². The molecule has 3 heterocycles. The predicted octanol–water partition coefficient (Wildman–Crippen LogP) is 4.75. The lowest BCUT2D eigenvalue weighted by molar-refractivity contribution is -0.384. The number of carbonyl (C=O) groups excluding carboxylic acids is 1. The van der Waals surface area contributed by atoms with Crippen molar-refractivity contribution in [1.29, 1.82) is 0 Å². The normalized spacial score (nSPS) is 12.7. The number of nitro benzene ring substituents is 1. The highest BCUT2D eigenvalue weighted by molar-refractivity contribution is 6.12. The first-order valence-corrected chi connectivity index (χ1v) is 10.9. The van der Waals surface area contributed by atoms with Gasteiger partial charge in [0.15, 0.2) is 17.1 Å². The van der Waals surface area contributed by atoms with Crippen molar-refractivity contribution in [3.8, 4) is 22.8 Å². The van der Waals surface area contributed by atoms with Gasteiger partial charge >= 0.3 is 0 Å². The summed E-state index contributed by atoms with van der Waals surface area (Å²) in [5, 5.41) is 18.4. The van der Waals surface area contributed by atoms with Crippen LogP contribution in [0, 0.1) is 15.9 Å². The fourth-order valence-corrected chi connectivity index (χ4v) is 3.85. The molecule has 1 aliphatic rings. The number of carbonyl (C=O) groups is 1. The molecule has 0 fully saturated rings. The van der Waals surface area contributed by atoms with E-state index in [1.54, 1.807) is 28.9 Å². The Bertz CT molecular complexity index is 1480. The molecule has 1 aliphatic heterocycles. The van der Waals surface area contributed by atoms with Gasteiger partial charge in [0, 0.05) is 23.7 Å². The van der Waals surface area contributed by atoms with Crippen molar-refractivity contribution in [1.82, 2.24) is 14.8 Å². The minimum atomic E-state index is -0.792. The summed E-state index contributed by atoms with van der Waals surface area (Å²) in [4.78, 5) is 28.5. The van der Waals surface area contributed by atoms with Crippen LogP contribution in [-0.4, -0.2) is 38.8 Å². The molecule has 0 saturated heterocycles. The molecule has 0 aliphatic carbocycles. The van der Waals surface area contributed by atoms with E-state index in [1.807, 2.05) is 13.8 Å². The number of hydrogen-bond acceptors (Lipinski definition) is 7. The average Bonchev–Trinajstić information content (AvgIpc) is 3.28. The molecule has 1 amide bonds. The van der Waals surface area contributed by atoms with Crippen LogP contribution in [0.2, 0.25) is 0 Å². The van der Waals surface area contributed by atoms with E-state index in [9.17, 15) is 19.3 Å². The summed E-state index contributed by atoms with van der Waals surface area (Å²) >= 11 is 0. The maximum absolute atomic E-state index is 14.3. The van der Waals surface area contributed by atoms with Gasteiger partial charge in [0.25, 0.3) is 11.6 Å². The van der Waals surface area contributed by atoms with Gasteiger partial charge < -0.3 is 14.8 Å². The molecule has 11 heteroatoms. The van der Waals surface area contributed by atoms with E-state index in [2.05, 4.69) is 10.4 Å². The smallest absolute Gasteiger partial charge is 0.271 e. The fourth-order valence-electron chi connectivity index (χ4n) is 3.85. The number of nitrogens with zero attached hydrogens (tertiary/aromatic N) is 4. The van der Waals surface area contributed by atoms with E-state index >= 15 is 0 Å². The molecule has 35 heavy (non-hydrogen) atoms. The van der Waals surface area contributed by atoms with Crippen molar-refractivity contribution >= 4 is 28.3 Å². The molecule has 0 saturated carbocycles. The van der Waals surface area contributed by atoms with E-state index in [0.29, 0.717) is 47.0 Å². The lowest BCUT2D eigenvalue weighted by Gasteiger charge is -2.19. The van der Waals surface area contributed by atoms with Crippen LogP contribution in [-0.2, 0) is 0 Å². The molecular weight excluding hydrogens is 457 g/mol. The van der Waals surface area contributed by atoms with E-state index < -0.39 is 16.6 Å². The predicted molar refractivity (Wildman–Crippen MR) is 125 cm³/mol. The molecule has 2 aromatic heterocycles. The Morgan fingerprint density at radius 2 is 1.91 bits per heavy atom. The molecule has 0 atom stereocenters. The van der Waals surface area contributed by atoms with Crippen LogP contribution in [0.3, 0.4) is 0 Å². The Morgan fingerprint density at radius 1 is 1.14 bits per heavy atom. The third-order valence-electron chi connectivity index (χ3n) is 5.55. The molecule has 178 valence electrons. The molecule has 1 N–H and O–H groups in total. The monoisotopic (exact) mass is 477 g/mol. The van der Waals surface area contributed by atoms with Crippen LogP contribution in [0.5, 0.6) is 11.5 Å². The van der Waals surface area contributed by atoms with E-state index in [-0.39, 0.29) is 23.0 Å². The maximum atomic E-state index is 14.3. The molecule has 10 nitrogen and oxygen atoms in total. The number of fused-ring (bicyclic) bond motifs is 2. The number of pyridine rings is 1. The number of benzene rings is 2. The Kier molecular flexibility index (Phi) is 5.51. The standard InChI is InChI=1S/C24H20FN5O5/c1-13(2)29-23-17(12-26-29)16(24(31)28-20-10-15(30(32)33)4-5-18(20)25)11-19(27-23)14-3-6-21-22(9-14)35-8-7-34-21/h3-6,9-13H,7-8H2,1-2H3,(H,28,31). The highest BCUT2D eigenvalue weighted by Crippen LogP contribution is 2.35. The van der Waals surface area contributed by atoms with Crippen molar-refractivity contribution in [2.45, 2.75) is 19.9 Å². The molecule has 4 aromatic rings. The van der Waals surface area contributed by atoms with E-state index in [0.717, 1.165) is 18.2 Å². The third kappa shape index (κ3) is 4.12. The number of halogens is 1. The summed E-state index contributed by atoms with van der Waals surface area (Å²) in [5.74, 6) is -0.261. The Balaban J connectivity index is 1.62. The van der Waals surface area contributed by atoms with Gasteiger partial charge in [-0.3, -0.25) is 14.9 Å². The van der Waals surface area contributed by atoms with Crippen LogP contribution in [0.25, 0.3) is 22.3 Å². The number of non-ortho nitro benzene ring substituents is 1. The van der Waals surface area contributed by atoms with E-state index in [1.165, 1.54) is 6.20 Å². The summed E-state index contributed by atoms with van der Waals surface area (Å²) in [6.07, 6.45) is 1.52. The van der Waals surface area contributed by atoms with Gasteiger partial charge in [0.05, 0.1) is 33.5 Å². The highest BCUT2D eigenvalue weighted by Gasteiger charge is 2.21. The molecule has 0 unspecified atom stereocenters. The van der Waals surface area contributed by atoms with Gasteiger partial charge in [-0.1, -0.05) is 0 Å². The Morgan fingerprint density at radius 3 is 2.66 bits per heavy atom. The first-order chi connectivity index (χ1) is 16.8. The van der Waals surface area contributed by atoms with Crippen molar-refractivity contribution in [3.63, 3.8) is 0 Å². The zero-order valence-electron chi connectivity index (χ0n) is 18.8. The first kappa shape index (κ1) is 22.3. The summed E-state index contributed by atoms with van der Waals surface area (Å²) < 4.78 is 27.3. The minimum Gasteiger partial charge on any atom is -0.486 e. The maximum Gasteiger partial charge on any atom is 0.271 e. The third-order valence-corrected chi connectivity index (χ3v) is 5.55. The number of amides is 1. The van der Waals surface area contributed by atoms with Gasteiger partial charge in [0.1, 0.15) is 19.0 Å². The molecule has 0 bridgehead atoms. The van der Waals surface area contributed by atoms with Crippen LogP contribution in [0.15, 0.2) is 48.7 Å². The Hall–Kier alpha value is -4.54. The van der Waals surface area contributed by atoms with Crippen LogP contribution >= 0.6 is 0 Å². The largest absolute Gasteiger partial charge is 0.486 e. The summed E-state index contributed by atoms with van der Waals surface area (Å²) in [6, 6.07) is 9.83. The van der Waals surface area contributed by atoms with Gasteiger partial charge in [-0.2, -0.15) is 5.10 Å². The van der Waals surface area contributed by atoms with Gasteiger partial charge in [-0.15, -0.1) is 0 Å². The highest BCUT2D eigenvalue weighted by atomic mass is 19.1. The lowest BCUT2D eigenvalue weighted by Crippen LogP contribution is -2.15. The van der Waals surface area contributed by atoms with Gasteiger partial charge in [-0.05, 0) is 44.2 Å². The zero-order chi connectivity index (χ0) is 24.7. The van der Waals surface area contributed by atoms with Crippen LogP contribution < -0.4 is 14.8 Å². The molecule has 0 spiro atoms. The second-order valence-electron chi connectivity index (χ2n) is 8.21. The number of anilines is 1. The van der Waals surface area contributed by atoms with Crippen molar-refractivity contribution < 1.29 is 23.6 Å². The Labute approximate surface area is 198 Å². The van der Waals surface area contributed by atoms with Crippen molar-refractivity contribution in [2.75, 3.05) is 18.5 Å². The van der Waals surface area contributed by atoms with Gasteiger partial charge in [-0.25, -0.2) is 14.1 Å². The number of ether oxygens (including phenoxy) is 2. The second kappa shape index (κ2) is 8.67. The minimum absolute atomic E-state index is 0.0411. The number of nitrogens with one attached hydrogen (secondary N) is 1. The van der Waals surface area contributed by atoms with Crippen molar-refractivity contribution in [2.24, 2.45) is 0 Å². The fraction of sp³-hybridized carbons (Fsp3) is 0.208. The van der Waals surface area contributed by atoms with Crippen LogP contribution in [0.4, 0.5) is 15.8 Å². The number of rotatable bonds is 5. The second-order valence-corrected chi connectivity index (χ2v) is 8.21. The molecule has 0 radical (unpaired) electrons. The lowest BCUT2D eigenvalue weighted by atomic mass is 10.1. The first-order valence-electron chi connectivity index (χ1n) is 10.9. The molecule has 2 aromatic carbocycles. The topological polar surface area (TPSA) is 121 Å². The zero-order valence-corrected chi connectivity index (χ0v) is 18.8. The quantitative estimate of drug-likeness (QED) is 0.325. The van der Waals surface area contributed by atoms with Crippen molar-refractivity contribution in [3.05, 3.63) is 70.2 Å². The molecule has 5 rings (SSSR count). The average molecular weight is 477 g/mol. The summed E-state index contributed by atoms with van der Waals surface area (Å²) in [5.41, 5.74) is 1.18. The summed E-state index contributed by atoms with van der Waals surface area (Å²) in [7, 11) is 0. The number of nitro groups is 1. The van der Waals surface area contributed by atoms with Crippen LogP contribution in [0.1, 0.15) is 30.2 Å². The summed E-state index contributed by atoms with van der Waals surface area (Å²) in [6.45, 7) is 4.75.